The number of rotatable bonds is 4. The molecule has 1 aliphatic heterocycles. The molecule has 0 saturated heterocycles. The van der Waals surface area contributed by atoms with Crippen molar-refractivity contribution < 1.29 is 45.3 Å². The first-order valence-corrected chi connectivity index (χ1v) is 7.75. The Bertz CT molecular complexity index is 925. The molecule has 1 N–H and O–H groups in total. The standard InChI is InChI=1S/C18H16FN3O3.U/c1-11-21-16-10-25-7-6-14(16)18(24)22(11)9-13(20)4-2-12-3-5-15(19)17(23)8-12;/h3-5,8,23H,6-7,9-10H2,1H3;/q-2;+2. The number of hydrogen-bond donors (Lipinski definition) is 1. The molecule has 0 bridgehead atoms. The van der Waals surface area contributed by atoms with E-state index >= 15 is 0 Å². The van der Waals surface area contributed by atoms with E-state index in [1.165, 1.54) is 22.8 Å². The molecular formula is C18H16FN3O3U. The van der Waals surface area contributed by atoms with Crippen molar-refractivity contribution >= 4 is 5.71 Å². The van der Waals surface area contributed by atoms with E-state index < -0.39 is 11.6 Å². The summed E-state index contributed by atoms with van der Waals surface area (Å²) in [6, 6.07) is 3.71. The number of phenols is 1. The number of halogens is 1. The van der Waals surface area contributed by atoms with Gasteiger partial charge in [0.2, 0.25) is 0 Å². The largest absolute Gasteiger partial charge is 2.00 e. The Morgan fingerprint density at radius 1 is 1.54 bits per heavy atom. The smallest absolute Gasteiger partial charge is 0.857 e. The van der Waals surface area contributed by atoms with E-state index in [1.54, 1.807) is 6.92 Å². The first-order chi connectivity index (χ1) is 12.0. The number of aromatic nitrogens is 2. The minimum atomic E-state index is -0.731. The van der Waals surface area contributed by atoms with Crippen molar-refractivity contribution in [1.29, 1.82) is 0 Å². The van der Waals surface area contributed by atoms with Crippen LogP contribution in [-0.4, -0.2) is 27.0 Å². The zero-order valence-corrected chi connectivity index (χ0v) is 18.3. The molecule has 2 aromatic rings. The van der Waals surface area contributed by atoms with Gasteiger partial charge in [-0.15, -0.1) is 17.7 Å². The van der Waals surface area contributed by atoms with Crippen molar-refractivity contribution in [1.82, 2.24) is 9.55 Å². The second-order valence-electron chi connectivity index (χ2n) is 5.72. The molecule has 26 heavy (non-hydrogen) atoms. The van der Waals surface area contributed by atoms with Gasteiger partial charge in [-0.05, 0) is 13.5 Å². The summed E-state index contributed by atoms with van der Waals surface area (Å²) in [5.41, 5.74) is 1.36. The molecule has 0 amide bonds. The molecule has 1 aromatic carbocycles. The predicted molar refractivity (Wildman–Crippen MR) is 89.9 cm³/mol. The Morgan fingerprint density at radius 2 is 2.31 bits per heavy atom. The van der Waals surface area contributed by atoms with Gasteiger partial charge in [0, 0.05) is 12.0 Å². The van der Waals surface area contributed by atoms with Crippen molar-refractivity contribution in [2.75, 3.05) is 6.61 Å². The van der Waals surface area contributed by atoms with Crippen molar-refractivity contribution in [3.05, 3.63) is 74.6 Å². The van der Waals surface area contributed by atoms with Crippen LogP contribution in [0.4, 0.5) is 4.39 Å². The van der Waals surface area contributed by atoms with Gasteiger partial charge in [0.25, 0.3) is 5.56 Å². The Labute approximate surface area is 173 Å². The fourth-order valence-corrected chi connectivity index (χ4v) is 2.63. The van der Waals surface area contributed by atoms with Gasteiger partial charge in [0.05, 0.1) is 18.9 Å². The topological polar surface area (TPSA) is 86.7 Å². The maximum atomic E-state index is 13.0. The molecule has 132 valence electrons. The van der Waals surface area contributed by atoms with Crippen LogP contribution in [0.15, 0.2) is 29.1 Å². The Balaban J connectivity index is 0.00000243. The first kappa shape index (κ1) is 20.6. The summed E-state index contributed by atoms with van der Waals surface area (Å²) in [7, 11) is 0. The molecule has 0 unspecified atom stereocenters. The Kier molecular flexibility index (Phi) is 6.93. The van der Waals surface area contributed by atoms with Crippen LogP contribution in [0.1, 0.15) is 22.6 Å². The molecule has 0 spiro atoms. The van der Waals surface area contributed by atoms with Gasteiger partial charge in [-0.1, -0.05) is 12.1 Å². The second kappa shape index (κ2) is 8.76. The molecule has 1 aliphatic rings. The van der Waals surface area contributed by atoms with Crippen LogP contribution in [0.3, 0.4) is 0 Å². The van der Waals surface area contributed by atoms with Crippen LogP contribution >= 0.6 is 0 Å². The molecule has 8 heteroatoms. The van der Waals surface area contributed by atoms with Gasteiger partial charge in [0.15, 0.2) is 0 Å². The van der Waals surface area contributed by atoms with E-state index in [0.29, 0.717) is 42.3 Å². The summed E-state index contributed by atoms with van der Waals surface area (Å²) in [6.07, 6.45) is 4.52. The number of aryl methyl sites for hydroxylation is 1. The third-order valence-corrected chi connectivity index (χ3v) is 3.95. The van der Waals surface area contributed by atoms with Crippen molar-refractivity contribution in [2.24, 2.45) is 0 Å². The van der Waals surface area contributed by atoms with E-state index in [4.69, 9.17) is 4.74 Å². The van der Waals surface area contributed by atoms with Gasteiger partial charge >= 0.3 is 31.1 Å². The van der Waals surface area contributed by atoms with Gasteiger partial charge in [-0.3, -0.25) is 4.79 Å². The minimum absolute atomic E-state index is 0. The number of ether oxygens (including phenoxy) is 1. The summed E-state index contributed by atoms with van der Waals surface area (Å²) in [6.45, 7) is 2.44. The van der Waals surface area contributed by atoms with Crippen LogP contribution in [0.2, 0.25) is 0 Å². The number of fused-ring (bicyclic) bond motifs is 1. The minimum Gasteiger partial charge on any atom is -0.857 e. The fraction of sp³-hybridized carbons (Fsp3) is 0.278. The summed E-state index contributed by atoms with van der Waals surface area (Å²) < 4.78 is 19.7. The quantitative estimate of drug-likeness (QED) is 0.443. The zero-order valence-electron chi connectivity index (χ0n) is 14.1. The maximum Gasteiger partial charge on any atom is 2.00 e. The predicted octanol–water partition coefficient (Wildman–Crippen LogP) is 1.89. The monoisotopic (exact) mass is 579 g/mol. The number of nitrogens with zero attached hydrogens (tertiary/aromatic N) is 3. The number of aromatic hydroxyl groups is 1. The van der Waals surface area contributed by atoms with Crippen LogP contribution in [0, 0.1) is 49.9 Å². The number of hydrogen-bond acceptors (Lipinski definition) is 4. The molecule has 0 radical (unpaired) electrons. The van der Waals surface area contributed by atoms with E-state index in [9.17, 15) is 19.7 Å². The molecule has 0 saturated carbocycles. The number of allylic oxidation sites excluding steroid dienone is 1. The number of phenolic OH excluding ortho intramolecular Hbond substituents is 1. The zero-order chi connectivity index (χ0) is 18.0. The molecular weight excluding hydrogens is 563 g/mol. The number of benzene rings is 1. The molecule has 0 aliphatic carbocycles. The van der Waals surface area contributed by atoms with E-state index in [0.717, 1.165) is 6.07 Å². The van der Waals surface area contributed by atoms with Crippen molar-refractivity contribution in [2.45, 2.75) is 26.5 Å². The molecule has 0 atom stereocenters. The summed E-state index contributed by atoms with van der Waals surface area (Å²) in [5.74, 6) is -0.746. The third kappa shape index (κ3) is 4.50. The molecule has 1 aromatic heterocycles. The molecule has 2 heterocycles. The third-order valence-electron chi connectivity index (χ3n) is 3.95. The normalized spacial score (nSPS) is 13.3. The van der Waals surface area contributed by atoms with Crippen LogP contribution < -0.4 is 5.56 Å². The average molecular weight is 579 g/mol. The average Bonchev–Trinajstić information content (AvgIpc) is 2.59. The summed E-state index contributed by atoms with van der Waals surface area (Å²) in [5, 5.41) is 19.4. The first-order valence-electron chi connectivity index (χ1n) is 7.75. The van der Waals surface area contributed by atoms with E-state index in [1.807, 2.05) is 0 Å². The van der Waals surface area contributed by atoms with Gasteiger partial charge in [-0.2, -0.15) is 6.08 Å². The van der Waals surface area contributed by atoms with E-state index in [2.05, 4.69) is 11.1 Å². The van der Waals surface area contributed by atoms with Gasteiger partial charge in [0.1, 0.15) is 17.4 Å². The van der Waals surface area contributed by atoms with Gasteiger partial charge in [-0.25, -0.2) is 15.1 Å². The second-order valence-corrected chi connectivity index (χ2v) is 5.72. The Hall–Kier alpha value is -1.75. The Morgan fingerprint density at radius 3 is 3.04 bits per heavy atom. The molecule has 6 nitrogen and oxygen atoms in total. The summed E-state index contributed by atoms with van der Waals surface area (Å²) >= 11 is 0. The van der Waals surface area contributed by atoms with Crippen LogP contribution in [-0.2, 0) is 24.3 Å². The van der Waals surface area contributed by atoms with Crippen LogP contribution in [0.25, 0.3) is 5.41 Å². The fourth-order valence-electron chi connectivity index (χ4n) is 2.63. The van der Waals surface area contributed by atoms with Crippen molar-refractivity contribution in [3.63, 3.8) is 0 Å². The summed E-state index contributed by atoms with van der Waals surface area (Å²) in [4.78, 5) is 16.9. The SMILES string of the molecule is Cc1nc2c(c(=O)n1CC(=[N-])C=[C-]c1ccc(F)c(O)c1)CCOC2.[U+2]. The maximum absolute atomic E-state index is 13.0. The molecule has 0 fully saturated rings. The van der Waals surface area contributed by atoms with E-state index in [-0.39, 0.29) is 48.9 Å². The molecule has 3 rings (SSSR count). The van der Waals surface area contributed by atoms with Crippen molar-refractivity contribution in [3.8, 4) is 5.75 Å². The van der Waals surface area contributed by atoms with Gasteiger partial charge < -0.3 is 19.8 Å². The van der Waals surface area contributed by atoms with Crippen LogP contribution in [0.5, 0.6) is 5.75 Å².